The molecule has 3 heteroatoms. The first kappa shape index (κ1) is 12.1. The number of piperidine rings is 1. The van der Waals surface area contributed by atoms with Gasteiger partial charge in [0, 0.05) is 13.1 Å². The minimum Gasteiger partial charge on any atom is -0.330 e. The molecule has 1 atom stereocenters. The average molecular weight is 229 g/mol. The van der Waals surface area contributed by atoms with Gasteiger partial charge in [-0.2, -0.15) is 5.26 Å². The van der Waals surface area contributed by atoms with E-state index < -0.39 is 0 Å². The number of hydrogen-bond donors (Lipinski definition) is 1. The highest BCUT2D eigenvalue weighted by Gasteiger charge is 2.18. The molecular weight excluding hydrogens is 210 g/mol. The Labute approximate surface area is 103 Å². The molecule has 3 nitrogen and oxygen atoms in total. The molecule has 0 amide bonds. The summed E-state index contributed by atoms with van der Waals surface area (Å²) in [6.45, 7) is 3.96. The van der Waals surface area contributed by atoms with Crippen molar-refractivity contribution < 1.29 is 0 Å². The number of nitriles is 1. The summed E-state index contributed by atoms with van der Waals surface area (Å²) >= 11 is 0. The predicted octanol–water partition coefficient (Wildman–Crippen LogP) is 1.73. The van der Waals surface area contributed by atoms with Crippen molar-refractivity contribution in [3.05, 3.63) is 35.4 Å². The van der Waals surface area contributed by atoms with Gasteiger partial charge in [0.2, 0.25) is 0 Å². The SMILES string of the molecule is N#Cc1cccc(CN2CCC[C@H](CN)C2)c1. The van der Waals surface area contributed by atoms with Crippen LogP contribution in [-0.2, 0) is 6.54 Å². The fourth-order valence-corrected chi connectivity index (χ4v) is 2.48. The summed E-state index contributed by atoms with van der Waals surface area (Å²) in [5.41, 5.74) is 7.70. The van der Waals surface area contributed by atoms with Gasteiger partial charge in [-0.3, -0.25) is 4.90 Å². The van der Waals surface area contributed by atoms with Gasteiger partial charge >= 0.3 is 0 Å². The lowest BCUT2D eigenvalue weighted by molar-refractivity contribution is 0.171. The van der Waals surface area contributed by atoms with Gasteiger partial charge in [-0.05, 0) is 49.5 Å². The summed E-state index contributed by atoms with van der Waals surface area (Å²) in [6.07, 6.45) is 2.49. The van der Waals surface area contributed by atoms with Gasteiger partial charge in [0.25, 0.3) is 0 Å². The van der Waals surface area contributed by atoms with Crippen LogP contribution in [-0.4, -0.2) is 24.5 Å². The third-order valence-corrected chi connectivity index (χ3v) is 3.40. The van der Waals surface area contributed by atoms with E-state index in [-0.39, 0.29) is 0 Å². The highest BCUT2D eigenvalue weighted by Crippen LogP contribution is 2.17. The van der Waals surface area contributed by atoms with Gasteiger partial charge in [0.05, 0.1) is 11.6 Å². The van der Waals surface area contributed by atoms with Crippen LogP contribution in [0.15, 0.2) is 24.3 Å². The molecule has 1 aromatic carbocycles. The molecule has 1 aliphatic rings. The van der Waals surface area contributed by atoms with Gasteiger partial charge in [0.1, 0.15) is 0 Å². The van der Waals surface area contributed by atoms with E-state index in [0.717, 1.165) is 31.7 Å². The number of benzene rings is 1. The Bertz CT molecular complexity index is 408. The highest BCUT2D eigenvalue weighted by atomic mass is 15.1. The van der Waals surface area contributed by atoms with E-state index in [1.54, 1.807) is 0 Å². The summed E-state index contributed by atoms with van der Waals surface area (Å²) < 4.78 is 0. The zero-order chi connectivity index (χ0) is 12.1. The van der Waals surface area contributed by atoms with E-state index in [2.05, 4.69) is 17.0 Å². The summed E-state index contributed by atoms with van der Waals surface area (Å²) in [5.74, 6) is 0.642. The zero-order valence-electron chi connectivity index (χ0n) is 10.1. The number of likely N-dealkylation sites (tertiary alicyclic amines) is 1. The second-order valence-electron chi connectivity index (χ2n) is 4.79. The number of nitrogens with two attached hydrogens (primary N) is 1. The monoisotopic (exact) mass is 229 g/mol. The van der Waals surface area contributed by atoms with Crippen molar-refractivity contribution >= 4 is 0 Å². The van der Waals surface area contributed by atoms with Gasteiger partial charge in [0.15, 0.2) is 0 Å². The Morgan fingerprint density at radius 3 is 3.12 bits per heavy atom. The molecule has 0 spiro atoms. The van der Waals surface area contributed by atoms with E-state index in [1.807, 2.05) is 18.2 Å². The molecule has 1 heterocycles. The topological polar surface area (TPSA) is 53.0 Å². The lowest BCUT2D eigenvalue weighted by atomic mass is 9.98. The molecule has 1 fully saturated rings. The summed E-state index contributed by atoms with van der Waals surface area (Å²) in [4.78, 5) is 2.44. The summed E-state index contributed by atoms with van der Waals surface area (Å²) in [7, 11) is 0. The second-order valence-corrected chi connectivity index (χ2v) is 4.79. The van der Waals surface area contributed by atoms with E-state index in [1.165, 1.54) is 18.4 Å². The number of rotatable bonds is 3. The molecule has 0 unspecified atom stereocenters. The number of nitrogens with zero attached hydrogens (tertiary/aromatic N) is 2. The van der Waals surface area contributed by atoms with Crippen molar-refractivity contribution in [3.63, 3.8) is 0 Å². The highest BCUT2D eigenvalue weighted by molar-refractivity contribution is 5.32. The quantitative estimate of drug-likeness (QED) is 0.858. The van der Waals surface area contributed by atoms with Crippen LogP contribution < -0.4 is 5.73 Å². The maximum absolute atomic E-state index is 8.87. The maximum Gasteiger partial charge on any atom is 0.0991 e. The predicted molar refractivity (Wildman–Crippen MR) is 68.2 cm³/mol. The standard InChI is InChI=1S/C14H19N3/c15-8-12-3-1-4-13(7-12)10-17-6-2-5-14(9-16)11-17/h1,3-4,7,14H,2,5-6,9-11,16H2/t14-/m1/s1. The minimum absolute atomic E-state index is 0.642. The number of hydrogen-bond acceptors (Lipinski definition) is 3. The van der Waals surface area contributed by atoms with Gasteiger partial charge in [-0.1, -0.05) is 12.1 Å². The Hall–Kier alpha value is -1.37. The van der Waals surface area contributed by atoms with Crippen LogP contribution in [0.1, 0.15) is 24.0 Å². The molecule has 2 N–H and O–H groups in total. The third kappa shape index (κ3) is 3.29. The van der Waals surface area contributed by atoms with Crippen LogP contribution in [0.4, 0.5) is 0 Å². The molecule has 0 radical (unpaired) electrons. The summed E-state index contributed by atoms with van der Waals surface area (Å²) in [5, 5.41) is 8.87. The first-order valence-electron chi connectivity index (χ1n) is 6.23. The lowest BCUT2D eigenvalue weighted by Crippen LogP contribution is -2.37. The van der Waals surface area contributed by atoms with Gasteiger partial charge in [-0.25, -0.2) is 0 Å². The van der Waals surface area contributed by atoms with E-state index in [0.29, 0.717) is 5.92 Å². The van der Waals surface area contributed by atoms with Crippen LogP contribution in [0, 0.1) is 17.2 Å². The normalized spacial score (nSPS) is 21.1. The molecular formula is C14H19N3. The molecule has 0 aromatic heterocycles. The molecule has 0 saturated carbocycles. The molecule has 17 heavy (non-hydrogen) atoms. The fraction of sp³-hybridized carbons (Fsp3) is 0.500. The van der Waals surface area contributed by atoms with Gasteiger partial charge < -0.3 is 5.73 Å². The van der Waals surface area contributed by atoms with Crippen LogP contribution in [0.2, 0.25) is 0 Å². The van der Waals surface area contributed by atoms with E-state index in [4.69, 9.17) is 11.0 Å². The third-order valence-electron chi connectivity index (χ3n) is 3.40. The van der Waals surface area contributed by atoms with Gasteiger partial charge in [-0.15, -0.1) is 0 Å². The van der Waals surface area contributed by atoms with Crippen LogP contribution in [0.3, 0.4) is 0 Å². The smallest absolute Gasteiger partial charge is 0.0991 e. The van der Waals surface area contributed by atoms with Crippen molar-refractivity contribution in [2.24, 2.45) is 11.7 Å². The maximum atomic E-state index is 8.87. The Balaban J connectivity index is 1.98. The van der Waals surface area contributed by atoms with E-state index >= 15 is 0 Å². The van der Waals surface area contributed by atoms with Crippen molar-refractivity contribution in [3.8, 4) is 6.07 Å². The molecule has 90 valence electrons. The van der Waals surface area contributed by atoms with Crippen molar-refractivity contribution in [1.29, 1.82) is 5.26 Å². The molecule has 1 saturated heterocycles. The van der Waals surface area contributed by atoms with Crippen molar-refractivity contribution in [1.82, 2.24) is 4.90 Å². The van der Waals surface area contributed by atoms with Crippen LogP contribution in [0.25, 0.3) is 0 Å². The zero-order valence-corrected chi connectivity index (χ0v) is 10.1. The van der Waals surface area contributed by atoms with E-state index in [9.17, 15) is 0 Å². The van der Waals surface area contributed by atoms with Crippen molar-refractivity contribution in [2.45, 2.75) is 19.4 Å². The minimum atomic E-state index is 0.642. The Morgan fingerprint density at radius 1 is 1.47 bits per heavy atom. The second kappa shape index (κ2) is 5.81. The van der Waals surface area contributed by atoms with Crippen molar-refractivity contribution in [2.75, 3.05) is 19.6 Å². The molecule has 2 rings (SSSR count). The Morgan fingerprint density at radius 2 is 2.35 bits per heavy atom. The molecule has 1 aromatic rings. The molecule has 1 aliphatic heterocycles. The Kier molecular flexibility index (Phi) is 4.13. The van der Waals surface area contributed by atoms with Crippen LogP contribution in [0.5, 0.6) is 0 Å². The first-order chi connectivity index (χ1) is 8.31. The molecule has 0 bridgehead atoms. The van der Waals surface area contributed by atoms with Crippen LogP contribution >= 0.6 is 0 Å². The summed E-state index contributed by atoms with van der Waals surface area (Å²) in [6, 6.07) is 10.1. The molecule has 0 aliphatic carbocycles. The largest absolute Gasteiger partial charge is 0.330 e. The first-order valence-corrected chi connectivity index (χ1v) is 6.23. The lowest BCUT2D eigenvalue weighted by Gasteiger charge is -2.32. The fourth-order valence-electron chi connectivity index (χ4n) is 2.48. The average Bonchev–Trinajstić information content (AvgIpc) is 2.39.